The largest absolute Gasteiger partial charge is 0.496 e. The second-order valence-electron chi connectivity index (χ2n) is 5.76. The molecule has 0 bridgehead atoms. The number of ether oxygens (including phenoxy) is 1. The standard InChI is InChI=1S/C16H25NO2/c1-11-8-9-17(10-12(11)2)14-6-5-7-15(19-4)16(14)13(3)18/h5-7,11-13,18H,8-10H2,1-4H3/t11?,12?,13-/m1/s1. The van der Waals surface area contributed by atoms with Crippen molar-refractivity contribution in [3.63, 3.8) is 0 Å². The van der Waals surface area contributed by atoms with E-state index in [0.717, 1.165) is 36.0 Å². The topological polar surface area (TPSA) is 32.7 Å². The molecule has 0 spiro atoms. The molecule has 3 atom stereocenters. The molecule has 0 aromatic heterocycles. The fourth-order valence-electron chi connectivity index (χ4n) is 2.89. The Balaban J connectivity index is 2.34. The molecule has 106 valence electrons. The molecule has 0 amide bonds. The maximum absolute atomic E-state index is 10.1. The van der Waals surface area contributed by atoms with Crippen LogP contribution < -0.4 is 9.64 Å². The van der Waals surface area contributed by atoms with Crippen molar-refractivity contribution in [3.05, 3.63) is 23.8 Å². The fraction of sp³-hybridized carbons (Fsp3) is 0.625. The molecule has 3 heteroatoms. The predicted octanol–water partition coefficient (Wildman–Crippen LogP) is 3.23. The van der Waals surface area contributed by atoms with Crippen LogP contribution in [-0.2, 0) is 0 Å². The summed E-state index contributed by atoms with van der Waals surface area (Å²) < 4.78 is 5.40. The summed E-state index contributed by atoms with van der Waals surface area (Å²) >= 11 is 0. The number of aliphatic hydroxyl groups is 1. The van der Waals surface area contributed by atoms with Crippen molar-refractivity contribution in [1.29, 1.82) is 0 Å². The first-order chi connectivity index (χ1) is 9.04. The van der Waals surface area contributed by atoms with Crippen LogP contribution in [0.4, 0.5) is 5.69 Å². The van der Waals surface area contributed by atoms with Gasteiger partial charge in [0.15, 0.2) is 0 Å². The average Bonchev–Trinajstić information content (AvgIpc) is 2.40. The van der Waals surface area contributed by atoms with E-state index >= 15 is 0 Å². The van der Waals surface area contributed by atoms with Gasteiger partial charge in [0.2, 0.25) is 0 Å². The van der Waals surface area contributed by atoms with Crippen LogP contribution in [0.3, 0.4) is 0 Å². The van der Waals surface area contributed by atoms with Crippen LogP contribution in [0.2, 0.25) is 0 Å². The van der Waals surface area contributed by atoms with E-state index in [-0.39, 0.29) is 0 Å². The predicted molar refractivity (Wildman–Crippen MR) is 78.8 cm³/mol. The second kappa shape index (κ2) is 5.83. The molecule has 1 heterocycles. The lowest BCUT2D eigenvalue weighted by molar-refractivity contribution is 0.194. The van der Waals surface area contributed by atoms with Gasteiger partial charge in [0, 0.05) is 24.3 Å². The van der Waals surface area contributed by atoms with Crippen molar-refractivity contribution >= 4 is 5.69 Å². The number of nitrogens with zero attached hydrogens (tertiary/aromatic N) is 1. The Labute approximate surface area is 116 Å². The lowest BCUT2D eigenvalue weighted by Crippen LogP contribution is -2.39. The Hall–Kier alpha value is -1.22. The number of rotatable bonds is 3. The third kappa shape index (κ3) is 2.86. The second-order valence-corrected chi connectivity index (χ2v) is 5.76. The molecule has 1 N–H and O–H groups in total. The van der Waals surface area contributed by atoms with Crippen molar-refractivity contribution in [2.75, 3.05) is 25.1 Å². The average molecular weight is 263 g/mol. The normalized spacial score (nSPS) is 25.2. The van der Waals surface area contributed by atoms with Crippen molar-refractivity contribution < 1.29 is 9.84 Å². The van der Waals surface area contributed by atoms with Gasteiger partial charge in [0.1, 0.15) is 5.75 Å². The number of anilines is 1. The zero-order chi connectivity index (χ0) is 14.0. The fourth-order valence-corrected chi connectivity index (χ4v) is 2.89. The van der Waals surface area contributed by atoms with E-state index in [1.54, 1.807) is 14.0 Å². The van der Waals surface area contributed by atoms with Crippen molar-refractivity contribution in [1.82, 2.24) is 0 Å². The summed E-state index contributed by atoms with van der Waals surface area (Å²) in [5.41, 5.74) is 2.03. The summed E-state index contributed by atoms with van der Waals surface area (Å²) in [4.78, 5) is 2.38. The molecule has 2 rings (SSSR count). The van der Waals surface area contributed by atoms with Crippen LogP contribution in [0.15, 0.2) is 18.2 Å². The van der Waals surface area contributed by atoms with Gasteiger partial charge < -0.3 is 14.7 Å². The molecular formula is C16H25NO2. The Bertz CT molecular complexity index is 431. The third-order valence-corrected chi connectivity index (χ3v) is 4.36. The van der Waals surface area contributed by atoms with E-state index in [1.165, 1.54) is 6.42 Å². The van der Waals surface area contributed by atoms with Crippen molar-refractivity contribution in [2.24, 2.45) is 11.8 Å². The van der Waals surface area contributed by atoms with E-state index in [0.29, 0.717) is 5.92 Å². The minimum atomic E-state index is -0.513. The molecular weight excluding hydrogens is 238 g/mol. The minimum absolute atomic E-state index is 0.513. The van der Waals surface area contributed by atoms with E-state index in [2.05, 4.69) is 24.8 Å². The SMILES string of the molecule is COc1cccc(N2CCC(C)C(C)C2)c1[C@@H](C)O. The van der Waals surface area contributed by atoms with Gasteiger partial charge in [-0.1, -0.05) is 19.9 Å². The Morgan fingerprint density at radius 1 is 1.32 bits per heavy atom. The third-order valence-electron chi connectivity index (χ3n) is 4.36. The van der Waals surface area contributed by atoms with E-state index in [1.807, 2.05) is 12.1 Å². The summed E-state index contributed by atoms with van der Waals surface area (Å²) in [6.07, 6.45) is 0.693. The highest BCUT2D eigenvalue weighted by atomic mass is 16.5. The van der Waals surface area contributed by atoms with Gasteiger partial charge in [-0.3, -0.25) is 0 Å². The lowest BCUT2D eigenvalue weighted by atomic mass is 9.88. The number of methoxy groups -OCH3 is 1. The van der Waals surface area contributed by atoms with Crippen LogP contribution in [-0.4, -0.2) is 25.3 Å². The van der Waals surface area contributed by atoms with E-state index in [9.17, 15) is 5.11 Å². The highest BCUT2D eigenvalue weighted by Gasteiger charge is 2.26. The number of hydrogen-bond donors (Lipinski definition) is 1. The van der Waals surface area contributed by atoms with Crippen LogP contribution >= 0.6 is 0 Å². The molecule has 2 unspecified atom stereocenters. The summed E-state index contributed by atoms with van der Waals surface area (Å²) in [6, 6.07) is 6.01. The molecule has 1 aliphatic heterocycles. The zero-order valence-electron chi connectivity index (χ0n) is 12.4. The lowest BCUT2D eigenvalue weighted by Gasteiger charge is -2.38. The van der Waals surface area contributed by atoms with Crippen LogP contribution in [0, 0.1) is 11.8 Å². The smallest absolute Gasteiger partial charge is 0.126 e. The molecule has 1 aromatic rings. The first-order valence-corrected chi connectivity index (χ1v) is 7.14. The Morgan fingerprint density at radius 3 is 2.63 bits per heavy atom. The number of aliphatic hydroxyl groups excluding tert-OH is 1. The van der Waals surface area contributed by atoms with Crippen molar-refractivity contribution in [2.45, 2.75) is 33.3 Å². The highest BCUT2D eigenvalue weighted by molar-refractivity contribution is 5.60. The van der Waals surface area contributed by atoms with Crippen LogP contribution in [0.1, 0.15) is 38.9 Å². The maximum atomic E-state index is 10.1. The van der Waals surface area contributed by atoms with Gasteiger partial charge in [-0.25, -0.2) is 0 Å². The number of hydrogen-bond acceptors (Lipinski definition) is 3. The van der Waals surface area contributed by atoms with Gasteiger partial charge in [-0.05, 0) is 37.3 Å². The van der Waals surface area contributed by atoms with Gasteiger partial charge in [-0.2, -0.15) is 0 Å². The molecule has 1 aliphatic rings. The molecule has 1 aromatic carbocycles. The van der Waals surface area contributed by atoms with E-state index in [4.69, 9.17) is 4.74 Å². The summed E-state index contributed by atoms with van der Waals surface area (Å²) in [5, 5.41) is 10.1. The maximum Gasteiger partial charge on any atom is 0.126 e. The van der Waals surface area contributed by atoms with Gasteiger partial charge in [0.05, 0.1) is 13.2 Å². The summed E-state index contributed by atoms with van der Waals surface area (Å²) in [6.45, 7) is 8.53. The summed E-state index contributed by atoms with van der Waals surface area (Å²) in [5.74, 6) is 2.23. The first-order valence-electron chi connectivity index (χ1n) is 7.14. The van der Waals surface area contributed by atoms with Crippen LogP contribution in [0.5, 0.6) is 5.75 Å². The molecule has 3 nitrogen and oxygen atoms in total. The molecule has 0 saturated carbocycles. The van der Waals surface area contributed by atoms with Crippen molar-refractivity contribution in [3.8, 4) is 5.75 Å². The zero-order valence-corrected chi connectivity index (χ0v) is 12.4. The quantitative estimate of drug-likeness (QED) is 0.908. The molecule has 1 saturated heterocycles. The van der Waals surface area contributed by atoms with E-state index < -0.39 is 6.10 Å². The first kappa shape index (κ1) is 14.2. The van der Waals surface area contributed by atoms with Gasteiger partial charge >= 0.3 is 0 Å². The Morgan fingerprint density at radius 2 is 2.05 bits per heavy atom. The number of piperidine rings is 1. The molecule has 19 heavy (non-hydrogen) atoms. The summed E-state index contributed by atoms with van der Waals surface area (Å²) in [7, 11) is 1.66. The highest BCUT2D eigenvalue weighted by Crippen LogP contribution is 2.37. The minimum Gasteiger partial charge on any atom is -0.496 e. The monoisotopic (exact) mass is 263 g/mol. The van der Waals surface area contributed by atoms with Gasteiger partial charge in [0.25, 0.3) is 0 Å². The number of benzene rings is 1. The Kier molecular flexibility index (Phi) is 4.35. The molecule has 0 radical (unpaired) electrons. The van der Waals surface area contributed by atoms with Gasteiger partial charge in [-0.15, -0.1) is 0 Å². The molecule has 1 fully saturated rings. The van der Waals surface area contributed by atoms with Crippen LogP contribution in [0.25, 0.3) is 0 Å². The molecule has 0 aliphatic carbocycles.